The lowest BCUT2D eigenvalue weighted by atomic mass is 10.1. The van der Waals surface area contributed by atoms with Gasteiger partial charge in [0.05, 0.1) is 5.56 Å². The van der Waals surface area contributed by atoms with Crippen molar-refractivity contribution < 1.29 is 14.6 Å². The van der Waals surface area contributed by atoms with Gasteiger partial charge in [0, 0.05) is 12.6 Å². The summed E-state index contributed by atoms with van der Waals surface area (Å²) in [7, 11) is 0. The number of phenolic OH excluding ortho intramolecular Hbond substituents is 1. The highest BCUT2D eigenvalue weighted by Crippen LogP contribution is 2.23. The predicted octanol–water partition coefficient (Wildman–Crippen LogP) is 0.932. The molecule has 0 aliphatic rings. The van der Waals surface area contributed by atoms with Crippen molar-refractivity contribution in [3.8, 4) is 11.5 Å². The minimum absolute atomic E-state index is 0.0629. The van der Waals surface area contributed by atoms with Gasteiger partial charge in [-0.05, 0) is 19.1 Å². The van der Waals surface area contributed by atoms with E-state index in [2.05, 4.69) is 0 Å². The molecule has 0 aliphatic carbocycles. The molecule has 3 N–H and O–H groups in total. The lowest BCUT2D eigenvalue weighted by Gasteiger charge is -2.06. The monoisotopic (exact) mass is 195 g/mol. The summed E-state index contributed by atoms with van der Waals surface area (Å²) in [4.78, 5) is 11.0. The second-order valence-corrected chi connectivity index (χ2v) is 2.87. The van der Waals surface area contributed by atoms with Crippen molar-refractivity contribution in [2.45, 2.75) is 6.92 Å². The van der Waals surface area contributed by atoms with E-state index in [-0.39, 0.29) is 11.5 Å². The van der Waals surface area contributed by atoms with Gasteiger partial charge in [0.2, 0.25) is 0 Å². The number of carbonyl (C=O) groups excluding carboxylic acids is 1. The molecule has 0 unspecified atom stereocenters. The third kappa shape index (κ3) is 2.47. The van der Waals surface area contributed by atoms with Crippen LogP contribution in [0.5, 0.6) is 11.5 Å². The molecule has 14 heavy (non-hydrogen) atoms. The molecule has 76 valence electrons. The highest BCUT2D eigenvalue weighted by Gasteiger charge is 2.06. The first-order chi connectivity index (χ1) is 6.65. The summed E-state index contributed by atoms with van der Waals surface area (Å²) in [5.74, 6) is 0.276. The number of rotatable bonds is 4. The van der Waals surface area contributed by atoms with Gasteiger partial charge in [-0.25, -0.2) is 0 Å². The van der Waals surface area contributed by atoms with E-state index in [1.165, 1.54) is 19.1 Å². The number of phenols is 1. The Labute approximate surface area is 82.3 Å². The van der Waals surface area contributed by atoms with E-state index in [0.717, 1.165) is 0 Å². The summed E-state index contributed by atoms with van der Waals surface area (Å²) in [5.41, 5.74) is 5.55. The van der Waals surface area contributed by atoms with Gasteiger partial charge >= 0.3 is 0 Å². The van der Waals surface area contributed by atoms with Crippen molar-refractivity contribution in [3.05, 3.63) is 23.8 Å². The summed E-state index contributed by atoms with van der Waals surface area (Å²) >= 11 is 0. The van der Waals surface area contributed by atoms with Gasteiger partial charge in [0.1, 0.15) is 18.1 Å². The van der Waals surface area contributed by atoms with E-state index < -0.39 is 0 Å². The number of hydrogen-bond donors (Lipinski definition) is 2. The first kappa shape index (κ1) is 10.5. The van der Waals surface area contributed by atoms with Gasteiger partial charge in [-0.2, -0.15) is 0 Å². The van der Waals surface area contributed by atoms with Crippen LogP contribution in [-0.4, -0.2) is 24.0 Å². The van der Waals surface area contributed by atoms with Crippen LogP contribution in [0.25, 0.3) is 0 Å². The fraction of sp³-hybridized carbons (Fsp3) is 0.300. The second-order valence-electron chi connectivity index (χ2n) is 2.87. The Balaban J connectivity index is 2.83. The van der Waals surface area contributed by atoms with Crippen molar-refractivity contribution in [2.75, 3.05) is 13.2 Å². The van der Waals surface area contributed by atoms with Crippen LogP contribution in [0.15, 0.2) is 18.2 Å². The summed E-state index contributed by atoms with van der Waals surface area (Å²) in [6.45, 7) is 2.20. The molecule has 0 aromatic heterocycles. The zero-order valence-corrected chi connectivity index (χ0v) is 7.99. The van der Waals surface area contributed by atoms with Gasteiger partial charge in [-0.1, -0.05) is 0 Å². The lowest BCUT2D eigenvalue weighted by Crippen LogP contribution is -2.10. The van der Waals surface area contributed by atoms with Crippen molar-refractivity contribution in [2.24, 2.45) is 5.73 Å². The molecule has 0 fully saturated rings. The zero-order valence-electron chi connectivity index (χ0n) is 7.99. The van der Waals surface area contributed by atoms with E-state index >= 15 is 0 Å². The molecule has 1 rings (SSSR count). The number of nitrogens with two attached hydrogens (primary N) is 1. The topological polar surface area (TPSA) is 72.5 Å². The Morgan fingerprint density at radius 3 is 2.79 bits per heavy atom. The summed E-state index contributed by atoms with van der Waals surface area (Å²) in [6.07, 6.45) is 0. The van der Waals surface area contributed by atoms with Crippen LogP contribution in [-0.2, 0) is 0 Å². The van der Waals surface area contributed by atoms with Crippen molar-refractivity contribution in [3.63, 3.8) is 0 Å². The van der Waals surface area contributed by atoms with Crippen molar-refractivity contribution in [1.29, 1.82) is 0 Å². The molecule has 4 nitrogen and oxygen atoms in total. The molecule has 0 amide bonds. The molecule has 0 radical (unpaired) electrons. The van der Waals surface area contributed by atoms with Gasteiger partial charge in [-0.3, -0.25) is 4.79 Å². The molecule has 0 atom stereocenters. The maximum atomic E-state index is 11.0. The highest BCUT2D eigenvalue weighted by molar-refractivity contribution is 5.96. The van der Waals surface area contributed by atoms with Crippen LogP contribution in [0.1, 0.15) is 17.3 Å². The van der Waals surface area contributed by atoms with Crippen LogP contribution in [0.3, 0.4) is 0 Å². The van der Waals surface area contributed by atoms with Crippen LogP contribution in [0, 0.1) is 0 Å². The number of carbonyl (C=O) groups is 1. The number of hydrogen-bond acceptors (Lipinski definition) is 4. The average molecular weight is 195 g/mol. The number of Topliss-reactive ketones (excluding diaryl/α,β-unsaturated/α-hetero) is 1. The van der Waals surface area contributed by atoms with Crippen LogP contribution >= 0.6 is 0 Å². The van der Waals surface area contributed by atoms with Gasteiger partial charge in [0.15, 0.2) is 5.78 Å². The first-order valence-electron chi connectivity index (χ1n) is 4.32. The van der Waals surface area contributed by atoms with Gasteiger partial charge < -0.3 is 15.6 Å². The molecule has 0 saturated carbocycles. The predicted molar refractivity (Wildman–Crippen MR) is 52.7 cm³/mol. The minimum atomic E-state index is -0.173. The SMILES string of the molecule is CC(=O)c1ccc(OCCN)cc1O. The maximum absolute atomic E-state index is 11.0. The Morgan fingerprint density at radius 2 is 2.29 bits per heavy atom. The summed E-state index contributed by atoms with van der Waals surface area (Å²) in [5, 5.41) is 9.43. The van der Waals surface area contributed by atoms with Crippen LogP contribution < -0.4 is 10.5 Å². The fourth-order valence-electron chi connectivity index (χ4n) is 1.08. The first-order valence-corrected chi connectivity index (χ1v) is 4.32. The molecule has 4 heteroatoms. The largest absolute Gasteiger partial charge is 0.507 e. The molecule has 0 spiro atoms. The van der Waals surface area contributed by atoms with E-state index in [4.69, 9.17) is 10.5 Å². The molecule has 1 aromatic rings. The summed E-state index contributed by atoms with van der Waals surface area (Å²) < 4.78 is 5.17. The zero-order chi connectivity index (χ0) is 10.6. The number of benzene rings is 1. The Kier molecular flexibility index (Phi) is 3.48. The minimum Gasteiger partial charge on any atom is -0.507 e. The van der Waals surface area contributed by atoms with Gasteiger partial charge in [-0.15, -0.1) is 0 Å². The van der Waals surface area contributed by atoms with E-state index in [9.17, 15) is 9.90 Å². The number of ketones is 1. The third-order valence-electron chi connectivity index (χ3n) is 1.74. The molecule has 0 saturated heterocycles. The fourth-order valence-corrected chi connectivity index (χ4v) is 1.08. The smallest absolute Gasteiger partial charge is 0.163 e. The van der Waals surface area contributed by atoms with Crippen molar-refractivity contribution in [1.82, 2.24) is 0 Å². The number of ether oxygens (including phenoxy) is 1. The summed E-state index contributed by atoms with van der Waals surface area (Å²) in [6, 6.07) is 4.57. The standard InChI is InChI=1S/C10H13NO3/c1-7(12)9-3-2-8(6-10(9)13)14-5-4-11/h2-3,6,13H,4-5,11H2,1H3. The molecule has 1 aromatic carbocycles. The molecule has 0 aliphatic heterocycles. The highest BCUT2D eigenvalue weighted by atomic mass is 16.5. The lowest BCUT2D eigenvalue weighted by molar-refractivity contribution is 0.101. The molecule has 0 heterocycles. The normalized spacial score (nSPS) is 9.86. The van der Waals surface area contributed by atoms with E-state index in [0.29, 0.717) is 24.5 Å². The molecular weight excluding hydrogens is 182 g/mol. The second kappa shape index (κ2) is 4.62. The Bertz CT molecular complexity index is 336. The van der Waals surface area contributed by atoms with Crippen LogP contribution in [0.4, 0.5) is 0 Å². The molecule has 0 bridgehead atoms. The average Bonchev–Trinajstić information content (AvgIpc) is 2.14. The van der Waals surface area contributed by atoms with Crippen molar-refractivity contribution >= 4 is 5.78 Å². The maximum Gasteiger partial charge on any atom is 0.163 e. The Hall–Kier alpha value is -1.55. The number of aromatic hydroxyl groups is 1. The Morgan fingerprint density at radius 1 is 1.57 bits per heavy atom. The molecular formula is C10H13NO3. The third-order valence-corrected chi connectivity index (χ3v) is 1.74. The van der Waals surface area contributed by atoms with Crippen LogP contribution in [0.2, 0.25) is 0 Å². The van der Waals surface area contributed by atoms with E-state index in [1.807, 2.05) is 0 Å². The quantitative estimate of drug-likeness (QED) is 0.701. The van der Waals surface area contributed by atoms with E-state index in [1.54, 1.807) is 6.07 Å². The van der Waals surface area contributed by atoms with Gasteiger partial charge in [0.25, 0.3) is 0 Å².